The van der Waals surface area contributed by atoms with E-state index in [9.17, 15) is 5.11 Å². The Hall–Kier alpha value is -1.29. The number of aromatic nitrogens is 1. The molecule has 1 aliphatic rings. The molecular formula is C14H23N3O. The number of hydrogen-bond donors (Lipinski definition) is 3. The Morgan fingerprint density at radius 2 is 2.00 bits per heavy atom. The zero-order chi connectivity index (χ0) is 13.0. The van der Waals surface area contributed by atoms with Gasteiger partial charge in [0.2, 0.25) is 0 Å². The second kappa shape index (κ2) is 5.57. The minimum Gasteiger partial charge on any atom is -0.388 e. The Morgan fingerprint density at radius 1 is 1.33 bits per heavy atom. The van der Waals surface area contributed by atoms with Crippen molar-refractivity contribution >= 4 is 11.4 Å². The summed E-state index contributed by atoms with van der Waals surface area (Å²) in [5.74, 6) is 0.750. The lowest BCUT2D eigenvalue weighted by atomic mass is 9.79. The van der Waals surface area contributed by atoms with Gasteiger partial charge in [0.1, 0.15) is 0 Å². The lowest BCUT2D eigenvalue weighted by Crippen LogP contribution is -2.40. The third kappa shape index (κ3) is 3.35. The van der Waals surface area contributed by atoms with E-state index in [1.807, 2.05) is 13.1 Å². The van der Waals surface area contributed by atoms with Crippen LogP contribution < -0.4 is 10.6 Å². The summed E-state index contributed by atoms with van der Waals surface area (Å²) in [6, 6.07) is 2.00. The van der Waals surface area contributed by atoms with Crippen molar-refractivity contribution < 1.29 is 5.11 Å². The third-order valence-corrected chi connectivity index (χ3v) is 3.85. The van der Waals surface area contributed by atoms with Crippen molar-refractivity contribution in [3.63, 3.8) is 0 Å². The fourth-order valence-corrected chi connectivity index (χ4v) is 2.42. The second-order valence-corrected chi connectivity index (χ2v) is 5.47. The van der Waals surface area contributed by atoms with Crippen LogP contribution in [0.1, 0.15) is 32.6 Å². The maximum atomic E-state index is 10.5. The van der Waals surface area contributed by atoms with Crippen molar-refractivity contribution in [2.75, 3.05) is 24.2 Å². The van der Waals surface area contributed by atoms with Crippen LogP contribution in [0.25, 0.3) is 0 Å². The average Bonchev–Trinajstić information content (AvgIpc) is 2.41. The van der Waals surface area contributed by atoms with Gasteiger partial charge in [-0.2, -0.15) is 0 Å². The molecule has 3 N–H and O–H groups in total. The number of pyridine rings is 1. The summed E-state index contributed by atoms with van der Waals surface area (Å²) >= 11 is 0. The van der Waals surface area contributed by atoms with Crippen molar-refractivity contribution in [3.8, 4) is 0 Å². The summed E-state index contributed by atoms with van der Waals surface area (Å²) in [4.78, 5) is 4.15. The van der Waals surface area contributed by atoms with Crippen molar-refractivity contribution in [2.45, 2.75) is 38.2 Å². The molecule has 1 heterocycles. The monoisotopic (exact) mass is 249 g/mol. The van der Waals surface area contributed by atoms with E-state index in [1.165, 1.54) is 0 Å². The maximum Gasteiger partial charge on any atom is 0.0819 e. The van der Waals surface area contributed by atoms with E-state index in [0.29, 0.717) is 6.54 Å². The van der Waals surface area contributed by atoms with Gasteiger partial charge in [-0.3, -0.25) is 4.98 Å². The van der Waals surface area contributed by atoms with E-state index < -0.39 is 5.60 Å². The van der Waals surface area contributed by atoms with Gasteiger partial charge in [0.25, 0.3) is 0 Å². The van der Waals surface area contributed by atoms with Crippen LogP contribution in [0.3, 0.4) is 0 Å². The first kappa shape index (κ1) is 13.1. The minimum atomic E-state index is -0.553. The molecule has 4 heteroatoms. The molecule has 0 aliphatic heterocycles. The van der Waals surface area contributed by atoms with Gasteiger partial charge < -0.3 is 15.7 Å². The molecule has 0 bridgehead atoms. The van der Waals surface area contributed by atoms with Gasteiger partial charge in [0, 0.05) is 13.6 Å². The standard InChI is InChI=1S/C14H23N3O/c1-11-3-5-14(18,6-4-11)10-17-13-7-12(15-2)8-16-9-13/h7-9,11,15,17-18H,3-6,10H2,1-2H3. The molecule has 2 rings (SSSR count). The zero-order valence-corrected chi connectivity index (χ0v) is 11.2. The molecule has 1 fully saturated rings. The summed E-state index contributed by atoms with van der Waals surface area (Å²) in [5, 5.41) is 16.8. The number of aliphatic hydroxyl groups is 1. The van der Waals surface area contributed by atoms with Gasteiger partial charge in [0.15, 0.2) is 0 Å². The molecule has 18 heavy (non-hydrogen) atoms. The molecule has 4 nitrogen and oxygen atoms in total. The molecule has 0 spiro atoms. The Balaban J connectivity index is 1.90. The van der Waals surface area contributed by atoms with Gasteiger partial charge in [0.05, 0.1) is 29.4 Å². The molecule has 1 aliphatic carbocycles. The minimum absolute atomic E-state index is 0.553. The molecule has 0 aromatic carbocycles. The van der Waals surface area contributed by atoms with Crippen molar-refractivity contribution in [2.24, 2.45) is 5.92 Å². The Morgan fingerprint density at radius 3 is 2.67 bits per heavy atom. The molecule has 1 aromatic rings. The Kier molecular flexibility index (Phi) is 4.07. The number of nitrogens with one attached hydrogen (secondary N) is 2. The predicted molar refractivity (Wildman–Crippen MR) is 74.9 cm³/mol. The molecule has 100 valence electrons. The topological polar surface area (TPSA) is 57.2 Å². The molecule has 1 saturated carbocycles. The third-order valence-electron chi connectivity index (χ3n) is 3.85. The molecule has 0 radical (unpaired) electrons. The number of rotatable bonds is 4. The van der Waals surface area contributed by atoms with Gasteiger partial charge in [-0.15, -0.1) is 0 Å². The summed E-state index contributed by atoms with van der Waals surface area (Å²) in [5.41, 5.74) is 1.38. The van der Waals surface area contributed by atoms with E-state index in [0.717, 1.165) is 43.0 Å². The van der Waals surface area contributed by atoms with E-state index in [1.54, 1.807) is 12.4 Å². The summed E-state index contributed by atoms with van der Waals surface area (Å²) in [7, 11) is 1.87. The van der Waals surface area contributed by atoms with Crippen molar-refractivity contribution in [1.82, 2.24) is 4.98 Å². The molecular weight excluding hydrogens is 226 g/mol. The number of anilines is 2. The van der Waals surface area contributed by atoms with Crippen LogP contribution in [0.5, 0.6) is 0 Å². The van der Waals surface area contributed by atoms with Gasteiger partial charge in [-0.25, -0.2) is 0 Å². The number of hydrogen-bond acceptors (Lipinski definition) is 4. The highest BCUT2D eigenvalue weighted by Gasteiger charge is 2.31. The molecule has 1 aromatic heterocycles. The maximum absolute atomic E-state index is 10.5. The molecule has 0 amide bonds. The Bertz CT molecular complexity index is 386. The van der Waals surface area contributed by atoms with E-state index in [-0.39, 0.29) is 0 Å². The summed E-state index contributed by atoms with van der Waals surface area (Å²) in [6.07, 6.45) is 7.58. The molecule has 0 saturated heterocycles. The SMILES string of the molecule is CNc1cncc(NCC2(O)CCC(C)CC2)c1. The number of nitrogens with zero attached hydrogens (tertiary/aromatic N) is 1. The van der Waals surface area contributed by atoms with Crippen LogP contribution in [0.4, 0.5) is 11.4 Å². The summed E-state index contributed by atoms with van der Waals surface area (Å²) < 4.78 is 0. The van der Waals surface area contributed by atoms with Crippen LogP contribution in [0.2, 0.25) is 0 Å². The predicted octanol–water partition coefficient (Wildman–Crippen LogP) is 2.48. The fraction of sp³-hybridized carbons (Fsp3) is 0.643. The van der Waals surface area contributed by atoms with Crippen LogP contribution >= 0.6 is 0 Å². The molecule has 0 atom stereocenters. The lowest BCUT2D eigenvalue weighted by molar-refractivity contribution is 0.00501. The van der Waals surface area contributed by atoms with Gasteiger partial charge >= 0.3 is 0 Å². The normalized spacial score (nSPS) is 27.8. The van der Waals surface area contributed by atoms with Crippen LogP contribution in [0.15, 0.2) is 18.5 Å². The van der Waals surface area contributed by atoms with Crippen molar-refractivity contribution in [3.05, 3.63) is 18.5 Å². The first-order valence-electron chi connectivity index (χ1n) is 6.70. The first-order chi connectivity index (χ1) is 8.61. The van der Waals surface area contributed by atoms with E-state index in [4.69, 9.17) is 0 Å². The quantitative estimate of drug-likeness (QED) is 0.767. The van der Waals surface area contributed by atoms with Crippen LogP contribution in [0, 0.1) is 5.92 Å². The second-order valence-electron chi connectivity index (χ2n) is 5.47. The first-order valence-corrected chi connectivity index (χ1v) is 6.70. The van der Waals surface area contributed by atoms with E-state index >= 15 is 0 Å². The lowest BCUT2D eigenvalue weighted by Gasteiger charge is -2.35. The van der Waals surface area contributed by atoms with Crippen LogP contribution in [-0.4, -0.2) is 29.3 Å². The molecule has 0 unspecified atom stereocenters. The smallest absolute Gasteiger partial charge is 0.0819 e. The van der Waals surface area contributed by atoms with E-state index in [2.05, 4.69) is 22.5 Å². The zero-order valence-electron chi connectivity index (χ0n) is 11.2. The highest BCUT2D eigenvalue weighted by Crippen LogP contribution is 2.32. The van der Waals surface area contributed by atoms with Crippen molar-refractivity contribution in [1.29, 1.82) is 0 Å². The largest absolute Gasteiger partial charge is 0.388 e. The highest BCUT2D eigenvalue weighted by atomic mass is 16.3. The van der Waals surface area contributed by atoms with Gasteiger partial charge in [-0.1, -0.05) is 6.92 Å². The van der Waals surface area contributed by atoms with Crippen LogP contribution in [-0.2, 0) is 0 Å². The Labute approximate surface area is 109 Å². The fourth-order valence-electron chi connectivity index (χ4n) is 2.42. The highest BCUT2D eigenvalue weighted by molar-refractivity contribution is 5.53. The average molecular weight is 249 g/mol. The van der Waals surface area contributed by atoms with Gasteiger partial charge in [-0.05, 0) is 37.7 Å². The summed E-state index contributed by atoms with van der Waals surface area (Å²) in [6.45, 7) is 2.86.